The Hall–Kier alpha value is -2.04. The van der Waals surface area contributed by atoms with Crippen molar-refractivity contribution >= 4 is 17.6 Å². The fraction of sp³-hybridized carbons (Fsp3) is 0.385. The van der Waals surface area contributed by atoms with Gasteiger partial charge in [0.15, 0.2) is 6.10 Å². The molecule has 1 N–H and O–H groups in total. The number of aliphatic carboxylic acids is 1. The fourth-order valence-corrected chi connectivity index (χ4v) is 1.88. The van der Waals surface area contributed by atoms with Crippen LogP contribution in [0, 0.1) is 0 Å². The summed E-state index contributed by atoms with van der Waals surface area (Å²) in [4.78, 5) is 23.9. The monoisotopic (exact) mass is 249 g/mol. The van der Waals surface area contributed by atoms with Gasteiger partial charge in [0.25, 0.3) is 0 Å². The second-order valence-electron chi connectivity index (χ2n) is 4.24. The lowest BCUT2D eigenvalue weighted by molar-refractivity contribution is -0.144. The van der Waals surface area contributed by atoms with Crippen LogP contribution in [0.15, 0.2) is 24.3 Å². The zero-order valence-electron chi connectivity index (χ0n) is 10.1. The van der Waals surface area contributed by atoms with Crippen LogP contribution in [0.2, 0.25) is 0 Å². The van der Waals surface area contributed by atoms with E-state index in [1.807, 2.05) is 0 Å². The van der Waals surface area contributed by atoms with Gasteiger partial charge in [-0.1, -0.05) is 0 Å². The van der Waals surface area contributed by atoms with Crippen LogP contribution in [0.3, 0.4) is 0 Å². The number of anilines is 1. The van der Waals surface area contributed by atoms with Crippen molar-refractivity contribution in [3.63, 3.8) is 0 Å². The minimum absolute atomic E-state index is 0.127. The molecule has 18 heavy (non-hydrogen) atoms. The summed E-state index contributed by atoms with van der Waals surface area (Å²) in [5, 5.41) is 8.73. The van der Waals surface area contributed by atoms with Crippen molar-refractivity contribution in [3.8, 4) is 5.75 Å². The summed E-state index contributed by atoms with van der Waals surface area (Å²) in [6.07, 6.45) is 0.589. The number of benzene rings is 1. The first-order valence-electron chi connectivity index (χ1n) is 5.88. The van der Waals surface area contributed by atoms with Crippen molar-refractivity contribution in [1.82, 2.24) is 0 Å². The summed E-state index contributed by atoms with van der Waals surface area (Å²) in [6, 6.07) is 6.90. The Bertz CT molecular complexity index is 455. The first-order valence-corrected chi connectivity index (χ1v) is 5.88. The van der Waals surface area contributed by atoms with Crippen LogP contribution in [0.4, 0.5) is 5.69 Å². The van der Waals surface area contributed by atoms with Gasteiger partial charge in [0.05, 0.1) is 0 Å². The third-order valence-electron chi connectivity index (χ3n) is 2.88. The Labute approximate surface area is 105 Å². The Morgan fingerprint density at radius 1 is 1.39 bits per heavy atom. The lowest BCUT2D eigenvalue weighted by Gasteiger charge is -2.16. The summed E-state index contributed by atoms with van der Waals surface area (Å²) in [6.45, 7) is 2.21. The zero-order chi connectivity index (χ0) is 13.1. The van der Waals surface area contributed by atoms with Crippen molar-refractivity contribution < 1.29 is 19.4 Å². The molecule has 1 aromatic rings. The number of hydrogen-bond acceptors (Lipinski definition) is 3. The van der Waals surface area contributed by atoms with Crippen molar-refractivity contribution in [2.45, 2.75) is 25.9 Å². The highest BCUT2D eigenvalue weighted by molar-refractivity contribution is 5.95. The van der Waals surface area contributed by atoms with Crippen molar-refractivity contribution in [3.05, 3.63) is 24.3 Å². The minimum Gasteiger partial charge on any atom is -0.479 e. The van der Waals surface area contributed by atoms with Crippen LogP contribution < -0.4 is 9.64 Å². The van der Waals surface area contributed by atoms with Crippen LogP contribution >= 0.6 is 0 Å². The number of carbonyl (C=O) groups excluding carboxylic acids is 1. The van der Waals surface area contributed by atoms with E-state index in [1.54, 1.807) is 29.2 Å². The summed E-state index contributed by atoms with van der Waals surface area (Å²) >= 11 is 0. The fourth-order valence-electron chi connectivity index (χ4n) is 1.88. The molecule has 0 spiro atoms. The quantitative estimate of drug-likeness (QED) is 0.881. The lowest BCUT2D eigenvalue weighted by Crippen LogP contribution is -2.24. The molecule has 1 aliphatic heterocycles. The molecule has 1 atom stereocenters. The van der Waals surface area contributed by atoms with E-state index in [9.17, 15) is 9.59 Å². The van der Waals surface area contributed by atoms with E-state index in [1.165, 1.54) is 6.92 Å². The molecule has 0 aliphatic carbocycles. The largest absolute Gasteiger partial charge is 0.479 e. The van der Waals surface area contributed by atoms with Gasteiger partial charge in [-0.25, -0.2) is 4.79 Å². The number of amides is 1. The molecule has 0 saturated carbocycles. The Morgan fingerprint density at radius 3 is 2.56 bits per heavy atom. The van der Waals surface area contributed by atoms with Crippen molar-refractivity contribution in [1.29, 1.82) is 0 Å². The average molecular weight is 249 g/mol. The Morgan fingerprint density at radius 2 is 2.06 bits per heavy atom. The van der Waals surface area contributed by atoms with Crippen LogP contribution in [0.5, 0.6) is 5.75 Å². The molecule has 96 valence electrons. The van der Waals surface area contributed by atoms with Crippen molar-refractivity contribution in [2.75, 3.05) is 11.4 Å². The van der Waals surface area contributed by atoms with Crippen LogP contribution in [-0.2, 0) is 9.59 Å². The third-order valence-corrected chi connectivity index (χ3v) is 2.88. The van der Waals surface area contributed by atoms with Gasteiger partial charge in [0.1, 0.15) is 5.75 Å². The van der Waals surface area contributed by atoms with E-state index in [0.717, 1.165) is 18.7 Å². The summed E-state index contributed by atoms with van der Waals surface area (Å²) in [5.74, 6) is -0.392. The number of carboxylic acid groups (broad SMARTS) is 1. The predicted molar refractivity (Wildman–Crippen MR) is 65.8 cm³/mol. The molecular weight excluding hydrogens is 234 g/mol. The molecule has 1 aromatic carbocycles. The predicted octanol–water partition coefficient (Wildman–Crippen LogP) is 1.67. The summed E-state index contributed by atoms with van der Waals surface area (Å²) in [5.41, 5.74) is 0.827. The molecule has 1 amide bonds. The maximum absolute atomic E-state index is 11.5. The van der Waals surface area contributed by atoms with Crippen molar-refractivity contribution in [2.24, 2.45) is 0 Å². The van der Waals surface area contributed by atoms with E-state index in [4.69, 9.17) is 9.84 Å². The highest BCUT2D eigenvalue weighted by Crippen LogP contribution is 2.24. The number of carboxylic acids is 1. The van der Waals surface area contributed by atoms with Gasteiger partial charge in [0, 0.05) is 18.7 Å². The van der Waals surface area contributed by atoms with Gasteiger partial charge < -0.3 is 14.7 Å². The first-order chi connectivity index (χ1) is 8.58. The molecule has 1 saturated heterocycles. The molecule has 1 heterocycles. The van der Waals surface area contributed by atoms with E-state index < -0.39 is 12.1 Å². The van der Waals surface area contributed by atoms with E-state index >= 15 is 0 Å². The molecule has 1 unspecified atom stereocenters. The lowest BCUT2D eigenvalue weighted by atomic mass is 10.2. The number of rotatable bonds is 4. The highest BCUT2D eigenvalue weighted by Gasteiger charge is 2.21. The topological polar surface area (TPSA) is 66.8 Å². The maximum Gasteiger partial charge on any atom is 0.344 e. The number of nitrogens with zero attached hydrogens (tertiary/aromatic N) is 1. The molecule has 0 aromatic heterocycles. The van der Waals surface area contributed by atoms with E-state index in [0.29, 0.717) is 12.2 Å². The minimum atomic E-state index is -1.01. The van der Waals surface area contributed by atoms with Crippen LogP contribution in [0.25, 0.3) is 0 Å². The molecular formula is C13H15NO4. The number of hydrogen-bond donors (Lipinski definition) is 1. The highest BCUT2D eigenvalue weighted by atomic mass is 16.5. The van der Waals surface area contributed by atoms with Gasteiger partial charge in [-0.15, -0.1) is 0 Å². The summed E-state index contributed by atoms with van der Waals surface area (Å²) < 4.78 is 5.22. The molecule has 5 nitrogen and oxygen atoms in total. The van der Waals surface area contributed by atoms with E-state index in [2.05, 4.69) is 0 Å². The SMILES string of the molecule is CC(Oc1ccc(N2CCCC2=O)cc1)C(=O)O. The van der Waals surface area contributed by atoms with Gasteiger partial charge >= 0.3 is 5.97 Å². The molecule has 0 bridgehead atoms. The zero-order valence-corrected chi connectivity index (χ0v) is 10.1. The number of ether oxygens (including phenoxy) is 1. The second-order valence-corrected chi connectivity index (χ2v) is 4.24. The van der Waals surface area contributed by atoms with Crippen LogP contribution in [-0.4, -0.2) is 29.6 Å². The molecule has 0 radical (unpaired) electrons. The smallest absolute Gasteiger partial charge is 0.344 e. The average Bonchev–Trinajstić information content (AvgIpc) is 2.76. The van der Waals surface area contributed by atoms with Gasteiger partial charge in [0.2, 0.25) is 5.91 Å². The summed E-state index contributed by atoms with van der Waals surface area (Å²) in [7, 11) is 0. The van der Waals surface area contributed by atoms with Gasteiger partial charge in [-0.2, -0.15) is 0 Å². The Balaban J connectivity index is 2.05. The number of carbonyl (C=O) groups is 2. The van der Waals surface area contributed by atoms with Crippen LogP contribution in [0.1, 0.15) is 19.8 Å². The van der Waals surface area contributed by atoms with Gasteiger partial charge in [-0.05, 0) is 37.6 Å². The molecule has 1 fully saturated rings. The molecule has 2 rings (SSSR count). The van der Waals surface area contributed by atoms with Gasteiger partial charge in [-0.3, -0.25) is 4.79 Å². The standard InChI is InChI=1S/C13H15NO4/c1-9(13(16)17)18-11-6-4-10(5-7-11)14-8-2-3-12(14)15/h4-7,9H,2-3,8H2,1H3,(H,16,17). The third kappa shape index (κ3) is 2.61. The first kappa shape index (κ1) is 12.4. The Kier molecular flexibility index (Phi) is 3.50. The second kappa shape index (κ2) is 5.08. The maximum atomic E-state index is 11.5. The van der Waals surface area contributed by atoms with E-state index in [-0.39, 0.29) is 5.91 Å². The molecule has 1 aliphatic rings. The molecule has 5 heteroatoms. The normalized spacial score (nSPS) is 16.7.